The third kappa shape index (κ3) is 4.56. The van der Waals surface area contributed by atoms with E-state index in [1.807, 2.05) is 47.3 Å². The number of anilines is 2. The Bertz CT molecular complexity index is 1780. The number of rotatable bonds is 7. The van der Waals surface area contributed by atoms with E-state index < -0.39 is 12.1 Å². The van der Waals surface area contributed by atoms with E-state index >= 15 is 4.39 Å². The van der Waals surface area contributed by atoms with Gasteiger partial charge in [0.2, 0.25) is 6.29 Å². The molecular weight excluding hydrogens is 499 g/mol. The first-order chi connectivity index (χ1) is 19.2. The molecule has 3 aromatic heterocycles. The van der Waals surface area contributed by atoms with Crippen molar-refractivity contribution in [1.82, 2.24) is 19.7 Å². The third-order valence-corrected chi connectivity index (χ3v) is 6.61. The Morgan fingerprint density at radius 2 is 1.79 bits per heavy atom. The average Bonchev–Trinajstić information content (AvgIpc) is 3.74. The van der Waals surface area contributed by atoms with Crippen molar-refractivity contribution in [2.24, 2.45) is 0 Å². The number of furan rings is 1. The molecule has 0 atom stereocenters. The van der Waals surface area contributed by atoms with Crippen LogP contribution < -0.4 is 10.9 Å². The minimum Gasteiger partial charge on any atom is -0.456 e. The first-order valence-corrected chi connectivity index (χ1v) is 12.5. The molecule has 7 rings (SSSR count). The number of nitrogens with zero attached hydrogens (tertiary/aromatic N) is 4. The maximum atomic E-state index is 15.0. The highest BCUT2D eigenvalue weighted by Crippen LogP contribution is 2.34. The van der Waals surface area contributed by atoms with E-state index in [1.54, 1.807) is 18.2 Å². The first-order valence-electron chi connectivity index (χ1n) is 12.5. The zero-order chi connectivity index (χ0) is 26.2. The van der Waals surface area contributed by atoms with E-state index in [2.05, 4.69) is 38.1 Å². The number of halogens is 1. The van der Waals surface area contributed by atoms with Crippen LogP contribution in [-0.4, -0.2) is 33.0 Å². The Labute approximate surface area is 222 Å². The van der Waals surface area contributed by atoms with Gasteiger partial charge < -0.3 is 13.9 Å². The highest BCUT2D eigenvalue weighted by atomic mass is 19.1. The summed E-state index contributed by atoms with van der Waals surface area (Å²) in [5.41, 5.74) is 10.1. The van der Waals surface area contributed by atoms with Crippen molar-refractivity contribution in [3.63, 3.8) is 0 Å². The monoisotopic (exact) mass is 522 g/mol. The van der Waals surface area contributed by atoms with Crippen LogP contribution in [0.3, 0.4) is 0 Å². The van der Waals surface area contributed by atoms with E-state index in [9.17, 15) is 0 Å². The molecule has 0 bridgehead atoms. The van der Waals surface area contributed by atoms with Gasteiger partial charge >= 0.3 is 0 Å². The summed E-state index contributed by atoms with van der Waals surface area (Å²) in [6, 6.07) is 22.7. The summed E-state index contributed by atoms with van der Waals surface area (Å²) in [6.45, 7) is 1.68. The molecule has 2 N–H and O–H groups in total. The molecule has 1 aliphatic heterocycles. The van der Waals surface area contributed by atoms with Crippen LogP contribution in [0.25, 0.3) is 33.1 Å². The van der Waals surface area contributed by atoms with Gasteiger partial charge in [0, 0.05) is 16.8 Å². The Morgan fingerprint density at radius 1 is 0.923 bits per heavy atom. The van der Waals surface area contributed by atoms with Gasteiger partial charge in [-0.05, 0) is 42.0 Å². The molecule has 6 aromatic rings. The van der Waals surface area contributed by atoms with Crippen LogP contribution in [0.2, 0.25) is 0 Å². The molecule has 0 amide bonds. The number of nitrogens with one attached hydrogen (secondary N) is 2. The maximum Gasteiger partial charge on any atom is 0.217 e. The second-order valence-electron chi connectivity index (χ2n) is 9.16. The number of aromatic nitrogens is 4. The number of benzene rings is 3. The fourth-order valence-electron chi connectivity index (χ4n) is 4.69. The van der Waals surface area contributed by atoms with Gasteiger partial charge in [-0.25, -0.2) is 14.4 Å². The van der Waals surface area contributed by atoms with E-state index in [1.165, 1.54) is 18.0 Å². The van der Waals surface area contributed by atoms with Crippen molar-refractivity contribution in [2.75, 3.05) is 24.1 Å². The molecule has 9 nitrogen and oxygen atoms in total. The Balaban J connectivity index is 1.13. The van der Waals surface area contributed by atoms with Crippen molar-refractivity contribution in [2.45, 2.75) is 12.8 Å². The Hall–Kier alpha value is -4.80. The van der Waals surface area contributed by atoms with Gasteiger partial charge in [0.15, 0.2) is 11.6 Å². The van der Waals surface area contributed by atoms with Crippen LogP contribution in [0.4, 0.5) is 15.9 Å². The lowest BCUT2D eigenvalue weighted by Crippen LogP contribution is -2.10. The molecule has 4 heterocycles. The maximum absolute atomic E-state index is 15.0. The minimum absolute atomic E-state index is 0.289. The van der Waals surface area contributed by atoms with Crippen molar-refractivity contribution in [1.29, 1.82) is 0 Å². The van der Waals surface area contributed by atoms with E-state index in [-0.39, 0.29) is 5.56 Å². The van der Waals surface area contributed by atoms with Gasteiger partial charge in [0.25, 0.3) is 0 Å². The van der Waals surface area contributed by atoms with Crippen LogP contribution in [0.1, 0.15) is 17.6 Å². The summed E-state index contributed by atoms with van der Waals surface area (Å²) in [6.07, 6.45) is 2.66. The number of fused-ring (bicyclic) bond motifs is 2. The molecule has 0 saturated carbocycles. The molecule has 3 aromatic carbocycles. The van der Waals surface area contributed by atoms with Gasteiger partial charge in [-0.1, -0.05) is 30.3 Å². The summed E-state index contributed by atoms with van der Waals surface area (Å²) >= 11 is 0. The molecule has 0 aliphatic carbocycles. The fraction of sp³-hybridized carbons (Fsp3) is 0.138. The fourth-order valence-corrected chi connectivity index (χ4v) is 4.69. The third-order valence-electron chi connectivity index (χ3n) is 6.61. The highest BCUT2D eigenvalue weighted by molar-refractivity contribution is 5.93. The molecule has 1 fully saturated rings. The lowest BCUT2D eigenvalue weighted by Gasteiger charge is -2.12. The smallest absolute Gasteiger partial charge is 0.217 e. The average molecular weight is 523 g/mol. The lowest BCUT2D eigenvalue weighted by atomic mass is 10.1. The number of hydrogen-bond acceptors (Lipinski definition) is 8. The van der Waals surface area contributed by atoms with E-state index in [0.717, 1.165) is 16.6 Å². The number of ether oxygens (including phenoxy) is 2. The second kappa shape index (κ2) is 9.82. The first kappa shape index (κ1) is 23.3. The Kier molecular flexibility index (Phi) is 5.87. The molecular formula is C29H23FN6O3. The Morgan fingerprint density at radius 3 is 2.67 bits per heavy atom. The highest BCUT2D eigenvalue weighted by Gasteiger charge is 2.23. The van der Waals surface area contributed by atoms with Gasteiger partial charge in [0.1, 0.15) is 17.9 Å². The predicted octanol–water partition coefficient (Wildman–Crippen LogP) is 5.91. The number of hydrogen-bond donors (Lipinski definition) is 2. The number of hydrazine groups is 1. The molecule has 0 radical (unpaired) electrons. The van der Waals surface area contributed by atoms with Crippen molar-refractivity contribution >= 4 is 33.3 Å². The van der Waals surface area contributed by atoms with E-state index in [4.69, 9.17) is 13.9 Å². The molecule has 1 saturated heterocycles. The summed E-state index contributed by atoms with van der Waals surface area (Å²) in [4.78, 5) is 8.61. The summed E-state index contributed by atoms with van der Waals surface area (Å²) in [7, 11) is 0. The summed E-state index contributed by atoms with van der Waals surface area (Å²) < 4.78 is 33.8. The minimum atomic E-state index is -0.574. The second-order valence-corrected chi connectivity index (χ2v) is 9.16. The van der Waals surface area contributed by atoms with Crippen LogP contribution in [-0.2, 0) is 16.0 Å². The summed E-state index contributed by atoms with van der Waals surface area (Å²) in [5.74, 6) is 0.903. The SMILES string of the molecule is Fc1cc2ncnc(NNc3ccc4c(cnn4Cc4ccccc4)c3)c2cc1-c1ccc(C2OCCO2)o1. The van der Waals surface area contributed by atoms with Crippen LogP contribution in [0, 0.1) is 5.82 Å². The molecule has 39 heavy (non-hydrogen) atoms. The standard InChI is InChI=1S/C29H23FN6O3/c30-23-14-24-22(13-21(23)26-8-9-27(39-26)29-37-10-11-38-29)28(32-17-31-24)35-34-20-6-7-25-19(12-20)15-33-36(25)16-18-4-2-1-3-5-18/h1-9,12-15,17,29,34H,10-11,16H2,(H,31,32,35). The molecule has 194 valence electrons. The van der Waals surface area contributed by atoms with Gasteiger partial charge in [-0.2, -0.15) is 5.10 Å². The largest absolute Gasteiger partial charge is 0.456 e. The predicted molar refractivity (Wildman–Crippen MR) is 144 cm³/mol. The lowest BCUT2D eigenvalue weighted by molar-refractivity contribution is -0.0585. The van der Waals surface area contributed by atoms with Crippen molar-refractivity contribution in [3.05, 3.63) is 102 Å². The molecule has 10 heteroatoms. The summed E-state index contributed by atoms with van der Waals surface area (Å²) in [5, 5.41) is 6.18. The molecule has 0 spiro atoms. The quantitative estimate of drug-likeness (QED) is 0.250. The molecule has 1 aliphatic rings. The van der Waals surface area contributed by atoms with Gasteiger partial charge in [-0.3, -0.25) is 15.5 Å². The van der Waals surface area contributed by atoms with Crippen LogP contribution in [0.5, 0.6) is 0 Å². The van der Waals surface area contributed by atoms with Crippen molar-refractivity contribution < 1.29 is 18.3 Å². The van der Waals surface area contributed by atoms with Crippen LogP contribution in [0.15, 0.2) is 89.7 Å². The van der Waals surface area contributed by atoms with Gasteiger partial charge in [0.05, 0.1) is 48.2 Å². The normalized spacial score (nSPS) is 13.9. The van der Waals surface area contributed by atoms with Crippen molar-refractivity contribution in [3.8, 4) is 11.3 Å². The van der Waals surface area contributed by atoms with E-state index in [0.29, 0.717) is 48.0 Å². The van der Waals surface area contributed by atoms with Crippen LogP contribution >= 0.6 is 0 Å². The topological polar surface area (TPSA) is 99.3 Å². The molecule has 0 unspecified atom stereocenters. The zero-order valence-electron chi connectivity index (χ0n) is 20.7. The van der Waals surface area contributed by atoms with Gasteiger partial charge in [-0.15, -0.1) is 0 Å². The zero-order valence-corrected chi connectivity index (χ0v) is 20.7.